The summed E-state index contributed by atoms with van der Waals surface area (Å²) < 4.78 is -0.487. The van der Waals surface area contributed by atoms with Crippen molar-refractivity contribution < 1.29 is 5.11 Å². The molecular weight excluding hydrogens is 239 g/mol. The van der Waals surface area contributed by atoms with Crippen molar-refractivity contribution in [2.24, 2.45) is 0 Å². The smallest absolute Gasteiger partial charge is 0.236 e. The first-order valence-corrected chi connectivity index (χ1v) is 4.18. The van der Waals surface area contributed by atoms with Crippen LogP contribution in [0.2, 0.25) is 0 Å². The van der Waals surface area contributed by atoms with Gasteiger partial charge in [0.05, 0.1) is 0 Å². The highest BCUT2D eigenvalue weighted by molar-refractivity contribution is 14.1. The minimum absolute atomic E-state index is 0.487. The molecule has 0 fully saturated rings. The Bertz CT molecular complexity index is 200. The van der Waals surface area contributed by atoms with Gasteiger partial charge in [0.2, 0.25) is 3.61 Å². The van der Waals surface area contributed by atoms with Crippen molar-refractivity contribution in [1.82, 2.24) is 0 Å². The monoisotopic (exact) mass is 249 g/mol. The number of halogens is 1. The third kappa shape index (κ3) is 1.95. The number of rotatable bonds is 1. The van der Waals surface area contributed by atoms with Crippen LogP contribution < -0.4 is 0 Å². The molecule has 0 amide bonds. The van der Waals surface area contributed by atoms with Gasteiger partial charge in [-0.3, -0.25) is 0 Å². The third-order valence-electron chi connectivity index (χ3n) is 1.32. The van der Waals surface area contributed by atoms with Gasteiger partial charge in [-0.2, -0.15) is 0 Å². The van der Waals surface area contributed by atoms with Crippen LogP contribution in [0.4, 0.5) is 0 Å². The van der Waals surface area contributed by atoms with Crippen LogP contribution in [-0.2, 0) is 3.61 Å². The minimum atomic E-state index is -0.487. The van der Waals surface area contributed by atoms with E-state index in [1.165, 1.54) is 0 Å². The molecule has 0 aromatic heterocycles. The Morgan fingerprint density at radius 1 is 1.30 bits per heavy atom. The first-order chi connectivity index (χ1) is 4.61. The number of alkyl halides is 1. The molecule has 1 atom stereocenters. The molecule has 2 heteroatoms. The van der Waals surface area contributed by atoms with Gasteiger partial charge in [0, 0.05) is 35.1 Å². The zero-order valence-electron chi connectivity index (χ0n) is 5.76. The van der Waals surface area contributed by atoms with Crippen LogP contribution in [0.5, 0.6) is 0 Å². The molecule has 1 unspecified atom stereocenters. The van der Waals surface area contributed by atoms with Crippen LogP contribution in [0.1, 0.15) is 12.5 Å². The van der Waals surface area contributed by atoms with Crippen molar-refractivity contribution in [3.05, 3.63) is 35.9 Å². The van der Waals surface area contributed by atoms with E-state index in [2.05, 4.69) is 22.6 Å². The standard InChI is InChI=1S/C8H9IO/c1-8(9,10)7-5-3-2-4-6-7/h2-6,10H,1H3/p+1. The Morgan fingerprint density at radius 2 is 1.80 bits per heavy atom. The molecule has 0 aliphatic carbocycles. The van der Waals surface area contributed by atoms with Gasteiger partial charge in [0.1, 0.15) is 0 Å². The van der Waals surface area contributed by atoms with Crippen LogP contribution in [0.3, 0.4) is 0 Å². The van der Waals surface area contributed by atoms with E-state index in [1.807, 2.05) is 37.3 Å². The van der Waals surface area contributed by atoms with Crippen LogP contribution in [0, 0.1) is 0 Å². The van der Waals surface area contributed by atoms with E-state index in [-0.39, 0.29) is 0 Å². The molecule has 0 saturated carbocycles. The van der Waals surface area contributed by atoms with Crippen molar-refractivity contribution >= 4 is 22.6 Å². The summed E-state index contributed by atoms with van der Waals surface area (Å²) in [5.74, 6) is 0. The normalized spacial score (nSPS) is 16.3. The van der Waals surface area contributed by atoms with Gasteiger partial charge >= 0.3 is 0 Å². The zero-order chi connectivity index (χ0) is 7.61. The van der Waals surface area contributed by atoms with E-state index in [1.54, 1.807) is 0 Å². The first kappa shape index (κ1) is 8.01. The molecule has 1 rings (SSSR count). The van der Waals surface area contributed by atoms with Crippen LogP contribution in [0.25, 0.3) is 0 Å². The average molecular weight is 249 g/mol. The summed E-state index contributed by atoms with van der Waals surface area (Å²) in [7, 11) is 0. The molecule has 2 N–H and O–H groups in total. The molecule has 0 spiro atoms. The van der Waals surface area contributed by atoms with Crippen molar-refractivity contribution in [2.75, 3.05) is 0 Å². The van der Waals surface area contributed by atoms with Crippen molar-refractivity contribution in [3.8, 4) is 0 Å². The summed E-state index contributed by atoms with van der Waals surface area (Å²) in [6.07, 6.45) is 0. The van der Waals surface area contributed by atoms with Crippen molar-refractivity contribution in [3.63, 3.8) is 0 Å². The molecule has 0 aliphatic rings. The average Bonchev–Trinajstić information content (AvgIpc) is 1.88. The van der Waals surface area contributed by atoms with E-state index in [0.29, 0.717) is 0 Å². The van der Waals surface area contributed by atoms with Gasteiger partial charge < -0.3 is 5.11 Å². The fraction of sp³-hybridized carbons (Fsp3) is 0.250. The van der Waals surface area contributed by atoms with Crippen molar-refractivity contribution in [2.45, 2.75) is 10.5 Å². The Labute approximate surface area is 74.2 Å². The van der Waals surface area contributed by atoms with Gasteiger partial charge in [0.25, 0.3) is 0 Å². The minimum Gasteiger partial charge on any atom is -0.430 e. The maximum atomic E-state index is 7.66. The van der Waals surface area contributed by atoms with Crippen molar-refractivity contribution in [1.29, 1.82) is 0 Å². The summed E-state index contributed by atoms with van der Waals surface area (Å²) >= 11 is 2.11. The second-order valence-corrected chi connectivity index (χ2v) is 4.53. The molecule has 0 aliphatic heterocycles. The molecule has 54 valence electrons. The third-order valence-corrected chi connectivity index (χ3v) is 1.94. The maximum absolute atomic E-state index is 7.66. The molecule has 0 saturated heterocycles. The quantitative estimate of drug-likeness (QED) is 0.413. The molecular formula is C8H10IO+. The van der Waals surface area contributed by atoms with E-state index >= 15 is 0 Å². The number of hydrogen-bond acceptors (Lipinski definition) is 0. The second-order valence-electron chi connectivity index (χ2n) is 2.37. The largest absolute Gasteiger partial charge is 0.430 e. The molecule has 1 aromatic carbocycles. The zero-order valence-corrected chi connectivity index (χ0v) is 7.92. The van der Waals surface area contributed by atoms with Gasteiger partial charge in [-0.1, -0.05) is 18.2 Å². The van der Waals surface area contributed by atoms with E-state index in [0.717, 1.165) is 5.56 Å². The Hall–Kier alpha value is -0.0900. The molecule has 1 aromatic rings. The Morgan fingerprint density at radius 3 is 2.10 bits per heavy atom. The fourth-order valence-electron chi connectivity index (χ4n) is 0.751. The second kappa shape index (κ2) is 2.88. The fourth-order valence-corrected chi connectivity index (χ4v) is 1.11. The Balaban J connectivity index is 2.97. The predicted molar refractivity (Wildman–Crippen MR) is 51.4 cm³/mol. The first-order valence-electron chi connectivity index (χ1n) is 3.10. The van der Waals surface area contributed by atoms with Gasteiger partial charge in [-0.05, 0) is 12.1 Å². The molecule has 0 heterocycles. The topological polar surface area (TPSA) is 22.9 Å². The lowest BCUT2D eigenvalue weighted by Gasteiger charge is -2.09. The highest BCUT2D eigenvalue weighted by Crippen LogP contribution is 2.26. The number of benzene rings is 1. The Kier molecular flexibility index (Phi) is 2.31. The maximum Gasteiger partial charge on any atom is 0.236 e. The lowest BCUT2D eigenvalue weighted by atomic mass is 10.1. The van der Waals surface area contributed by atoms with E-state index in [9.17, 15) is 0 Å². The molecule has 0 radical (unpaired) electrons. The molecule has 0 bridgehead atoms. The van der Waals surface area contributed by atoms with Crippen LogP contribution in [0.15, 0.2) is 30.3 Å². The predicted octanol–water partition coefficient (Wildman–Crippen LogP) is 2.02. The SMILES string of the molecule is CC([OH2+])(I)c1ccccc1. The molecule has 1 nitrogen and oxygen atoms in total. The lowest BCUT2D eigenvalue weighted by molar-refractivity contribution is 0.179. The van der Waals surface area contributed by atoms with Crippen LogP contribution in [-0.4, -0.2) is 5.11 Å². The van der Waals surface area contributed by atoms with E-state index < -0.39 is 3.61 Å². The summed E-state index contributed by atoms with van der Waals surface area (Å²) in [4.78, 5) is 0. The summed E-state index contributed by atoms with van der Waals surface area (Å²) in [6.45, 7) is 1.88. The number of hydrogen-bond donors (Lipinski definition) is 0. The lowest BCUT2D eigenvalue weighted by Crippen LogP contribution is -2.09. The van der Waals surface area contributed by atoms with Crippen LogP contribution >= 0.6 is 22.6 Å². The summed E-state index contributed by atoms with van der Waals surface area (Å²) in [5, 5.41) is 7.66. The van der Waals surface area contributed by atoms with E-state index in [4.69, 9.17) is 5.11 Å². The molecule has 10 heavy (non-hydrogen) atoms. The van der Waals surface area contributed by atoms with Gasteiger partial charge in [-0.25, -0.2) is 0 Å². The summed E-state index contributed by atoms with van der Waals surface area (Å²) in [5.41, 5.74) is 1.05. The highest BCUT2D eigenvalue weighted by atomic mass is 127. The van der Waals surface area contributed by atoms with Gasteiger partial charge in [-0.15, -0.1) is 0 Å². The summed E-state index contributed by atoms with van der Waals surface area (Å²) in [6, 6.07) is 9.83. The highest BCUT2D eigenvalue weighted by Gasteiger charge is 2.22. The van der Waals surface area contributed by atoms with Gasteiger partial charge in [0.15, 0.2) is 0 Å².